The van der Waals surface area contributed by atoms with Gasteiger partial charge in [0.1, 0.15) is 28.4 Å². The summed E-state index contributed by atoms with van der Waals surface area (Å²) in [5.41, 5.74) is 6.43. The Morgan fingerprint density at radius 2 is 1.68 bits per heavy atom. The number of piperidine rings is 1. The summed E-state index contributed by atoms with van der Waals surface area (Å²) in [6.07, 6.45) is 5.57. The van der Waals surface area contributed by atoms with Gasteiger partial charge in [-0.3, -0.25) is 23.6 Å². The number of hydrogen-bond acceptors (Lipinski definition) is 9. The number of fused-ring (bicyclic) bond motifs is 1. The standard InChI is InChI=1S/C34H37N9O4/c1-20(2)29(44)34(13-17-36-18-14-34)43-25-12-16-38-30(35)27(25)28(40-43)22-8-10-23(11-9-22)39-31(45)24-19-41(21(3)4)33(47)42(32(24)46)26-7-5-6-15-37-26/h5-12,15-16,19-21,36H,13-14,17-18H2,1-4H3,(H2,35,38)(H,39,45). The molecule has 4 aromatic heterocycles. The molecule has 0 aliphatic carbocycles. The van der Waals surface area contributed by atoms with E-state index < -0.39 is 22.7 Å². The molecular weight excluding hydrogens is 598 g/mol. The highest BCUT2D eigenvalue weighted by atomic mass is 16.2. The molecule has 0 radical (unpaired) electrons. The number of nitrogens with zero attached hydrogens (tertiary/aromatic N) is 6. The quantitative estimate of drug-likeness (QED) is 0.231. The molecule has 5 heterocycles. The Hall–Kier alpha value is -5.43. The summed E-state index contributed by atoms with van der Waals surface area (Å²) in [6, 6.07) is 13.3. The number of rotatable bonds is 8. The average molecular weight is 636 g/mol. The van der Waals surface area contributed by atoms with Gasteiger partial charge in [-0.1, -0.05) is 32.0 Å². The Balaban J connectivity index is 1.37. The van der Waals surface area contributed by atoms with Gasteiger partial charge in [0.2, 0.25) is 0 Å². The van der Waals surface area contributed by atoms with Crippen molar-refractivity contribution in [2.45, 2.75) is 52.1 Å². The van der Waals surface area contributed by atoms with E-state index in [0.717, 1.165) is 10.1 Å². The highest BCUT2D eigenvalue weighted by Gasteiger charge is 2.44. The lowest BCUT2D eigenvalue weighted by atomic mass is 9.79. The molecule has 5 aromatic rings. The number of amides is 1. The van der Waals surface area contributed by atoms with Crippen LogP contribution < -0.4 is 27.6 Å². The van der Waals surface area contributed by atoms with E-state index in [4.69, 9.17) is 10.8 Å². The molecule has 0 saturated carbocycles. The fraction of sp³-hybridized carbons (Fsp3) is 0.324. The van der Waals surface area contributed by atoms with Gasteiger partial charge in [-0.05, 0) is 70.1 Å². The van der Waals surface area contributed by atoms with Crippen LogP contribution in [0.15, 0.2) is 76.7 Å². The number of nitrogen functional groups attached to an aromatic ring is 1. The van der Waals surface area contributed by atoms with E-state index in [2.05, 4.69) is 20.6 Å². The largest absolute Gasteiger partial charge is 0.383 e. The van der Waals surface area contributed by atoms with Crippen molar-refractivity contribution in [1.82, 2.24) is 34.2 Å². The summed E-state index contributed by atoms with van der Waals surface area (Å²) >= 11 is 0. The third kappa shape index (κ3) is 5.52. The van der Waals surface area contributed by atoms with Gasteiger partial charge in [0.05, 0.1) is 10.9 Å². The van der Waals surface area contributed by atoms with Crippen molar-refractivity contribution >= 4 is 34.1 Å². The fourth-order valence-corrected chi connectivity index (χ4v) is 6.25. The number of carbonyl (C=O) groups excluding carboxylic acids is 2. The molecule has 47 heavy (non-hydrogen) atoms. The second-order valence-corrected chi connectivity index (χ2v) is 12.3. The molecule has 0 spiro atoms. The lowest BCUT2D eigenvalue weighted by Gasteiger charge is -2.38. The zero-order valence-electron chi connectivity index (χ0n) is 26.7. The molecule has 1 aromatic carbocycles. The Morgan fingerprint density at radius 3 is 2.32 bits per heavy atom. The van der Waals surface area contributed by atoms with Crippen LogP contribution in [0, 0.1) is 5.92 Å². The van der Waals surface area contributed by atoms with E-state index in [9.17, 15) is 19.2 Å². The molecule has 1 saturated heterocycles. The Morgan fingerprint density at radius 1 is 0.957 bits per heavy atom. The van der Waals surface area contributed by atoms with Gasteiger partial charge in [0.25, 0.3) is 11.5 Å². The van der Waals surface area contributed by atoms with Crippen LogP contribution in [-0.2, 0) is 10.3 Å². The molecule has 242 valence electrons. The SMILES string of the molecule is CC(C)C(=O)C1(n2nc(-c3ccc(NC(=O)c4cn(C(C)C)c(=O)n(-c5ccccn5)c4=O)cc3)c3c(N)nccc32)CCNCC1. The minimum atomic E-state index is -0.827. The number of nitrogens with two attached hydrogens (primary N) is 1. The molecule has 0 atom stereocenters. The Labute approximate surface area is 270 Å². The molecule has 1 aliphatic rings. The van der Waals surface area contributed by atoms with Gasteiger partial charge in [0.15, 0.2) is 5.78 Å². The summed E-state index contributed by atoms with van der Waals surface area (Å²) in [5.74, 6) is -0.325. The molecule has 1 amide bonds. The summed E-state index contributed by atoms with van der Waals surface area (Å²) in [6.45, 7) is 8.76. The van der Waals surface area contributed by atoms with E-state index >= 15 is 0 Å². The van der Waals surface area contributed by atoms with Gasteiger partial charge >= 0.3 is 5.69 Å². The Bertz CT molecular complexity index is 2090. The van der Waals surface area contributed by atoms with Crippen LogP contribution in [0.4, 0.5) is 11.5 Å². The van der Waals surface area contributed by atoms with Crippen molar-refractivity contribution in [3.05, 3.63) is 93.5 Å². The number of nitrogens with one attached hydrogen (secondary N) is 2. The van der Waals surface area contributed by atoms with Crippen molar-refractivity contribution in [3.63, 3.8) is 0 Å². The molecule has 1 aliphatic heterocycles. The van der Waals surface area contributed by atoms with Crippen molar-refractivity contribution in [3.8, 4) is 17.1 Å². The zero-order chi connectivity index (χ0) is 33.5. The number of ketones is 1. The van der Waals surface area contributed by atoms with E-state index in [1.54, 1.807) is 56.4 Å². The van der Waals surface area contributed by atoms with Crippen LogP contribution in [0.5, 0.6) is 0 Å². The second kappa shape index (κ2) is 12.4. The van der Waals surface area contributed by atoms with Gasteiger partial charge in [0, 0.05) is 41.8 Å². The molecule has 4 N–H and O–H groups in total. The van der Waals surface area contributed by atoms with Crippen LogP contribution in [0.3, 0.4) is 0 Å². The molecular formula is C34H37N9O4. The summed E-state index contributed by atoms with van der Waals surface area (Å²) < 4.78 is 4.06. The predicted molar refractivity (Wildman–Crippen MR) is 180 cm³/mol. The number of hydrogen-bond donors (Lipinski definition) is 3. The van der Waals surface area contributed by atoms with Gasteiger partial charge < -0.3 is 16.4 Å². The molecule has 6 rings (SSSR count). The number of aromatic nitrogens is 6. The smallest absolute Gasteiger partial charge is 0.337 e. The molecule has 0 bridgehead atoms. The van der Waals surface area contributed by atoms with E-state index in [0.29, 0.717) is 54.1 Å². The highest BCUT2D eigenvalue weighted by molar-refractivity contribution is 6.05. The fourth-order valence-electron chi connectivity index (χ4n) is 6.25. The van der Waals surface area contributed by atoms with E-state index in [1.165, 1.54) is 23.0 Å². The van der Waals surface area contributed by atoms with Gasteiger partial charge in [-0.15, -0.1) is 0 Å². The minimum absolute atomic E-state index is 0.120. The van der Waals surface area contributed by atoms with Crippen molar-refractivity contribution < 1.29 is 9.59 Å². The van der Waals surface area contributed by atoms with Gasteiger partial charge in [-0.25, -0.2) is 19.3 Å². The number of Topliss-reactive ketones (excluding diaryl/α,β-unsaturated/α-hetero) is 1. The normalized spacial score (nSPS) is 14.5. The topological polar surface area (TPSA) is 172 Å². The first-order chi connectivity index (χ1) is 22.5. The summed E-state index contributed by atoms with van der Waals surface area (Å²) in [4.78, 5) is 62.3. The third-order valence-corrected chi connectivity index (χ3v) is 8.65. The Kier molecular flexibility index (Phi) is 8.32. The van der Waals surface area contributed by atoms with Crippen LogP contribution in [0.25, 0.3) is 28.0 Å². The first-order valence-corrected chi connectivity index (χ1v) is 15.6. The zero-order valence-corrected chi connectivity index (χ0v) is 26.7. The van der Waals surface area contributed by atoms with Crippen molar-refractivity contribution in [1.29, 1.82) is 0 Å². The van der Waals surface area contributed by atoms with E-state index in [1.807, 2.05) is 24.6 Å². The van der Waals surface area contributed by atoms with Crippen molar-refractivity contribution in [2.75, 3.05) is 24.1 Å². The number of benzene rings is 1. The maximum atomic E-state index is 13.7. The monoisotopic (exact) mass is 635 g/mol. The maximum Gasteiger partial charge on any atom is 0.337 e. The summed E-state index contributed by atoms with van der Waals surface area (Å²) in [7, 11) is 0. The third-order valence-electron chi connectivity index (χ3n) is 8.65. The minimum Gasteiger partial charge on any atom is -0.383 e. The number of pyridine rings is 2. The molecule has 0 unspecified atom stereocenters. The second-order valence-electron chi connectivity index (χ2n) is 12.3. The van der Waals surface area contributed by atoms with Crippen LogP contribution in [0.2, 0.25) is 0 Å². The maximum absolute atomic E-state index is 13.7. The first kappa shape index (κ1) is 31.5. The lowest BCUT2D eigenvalue weighted by Crippen LogP contribution is -2.51. The molecule has 1 fully saturated rings. The molecule has 13 heteroatoms. The predicted octanol–water partition coefficient (Wildman–Crippen LogP) is 3.53. The van der Waals surface area contributed by atoms with Gasteiger partial charge in [-0.2, -0.15) is 5.10 Å². The molecule has 13 nitrogen and oxygen atoms in total. The van der Waals surface area contributed by atoms with Crippen molar-refractivity contribution in [2.24, 2.45) is 5.92 Å². The summed E-state index contributed by atoms with van der Waals surface area (Å²) in [5, 5.41) is 11.8. The highest BCUT2D eigenvalue weighted by Crippen LogP contribution is 2.39. The van der Waals surface area contributed by atoms with E-state index in [-0.39, 0.29) is 29.1 Å². The van der Waals surface area contributed by atoms with Crippen LogP contribution >= 0.6 is 0 Å². The van der Waals surface area contributed by atoms with Crippen LogP contribution in [0.1, 0.15) is 56.9 Å². The lowest BCUT2D eigenvalue weighted by molar-refractivity contribution is -0.132. The first-order valence-electron chi connectivity index (χ1n) is 15.6. The number of anilines is 2. The average Bonchev–Trinajstić information content (AvgIpc) is 3.47. The van der Waals surface area contributed by atoms with Crippen LogP contribution in [-0.4, -0.2) is 53.7 Å². The number of carbonyl (C=O) groups is 2.